The lowest BCUT2D eigenvalue weighted by Gasteiger charge is -2.13. The van der Waals surface area contributed by atoms with Gasteiger partial charge in [0.05, 0.1) is 10.7 Å². The Morgan fingerprint density at radius 3 is 2.35 bits per heavy atom. The van der Waals surface area contributed by atoms with Crippen molar-refractivity contribution < 1.29 is 8.42 Å². The van der Waals surface area contributed by atoms with Crippen LogP contribution >= 0.6 is 39.1 Å². The second-order valence-corrected chi connectivity index (χ2v) is 10.5. The van der Waals surface area contributed by atoms with Gasteiger partial charge >= 0.3 is 0 Å². The molecule has 1 aromatic heterocycles. The molecule has 3 aromatic carbocycles. The van der Waals surface area contributed by atoms with Crippen LogP contribution in [0.3, 0.4) is 0 Å². The molecule has 0 atom stereocenters. The number of aromatic nitrogens is 1. The van der Waals surface area contributed by atoms with Crippen LogP contribution in [-0.4, -0.2) is 13.4 Å². The Morgan fingerprint density at radius 1 is 0.971 bits per heavy atom. The maximum absolute atomic E-state index is 12.8. The Labute approximate surface area is 215 Å². The van der Waals surface area contributed by atoms with Crippen LogP contribution in [0.25, 0.3) is 22.4 Å². The minimum atomic E-state index is -3.95. The second-order valence-electron chi connectivity index (χ2n) is 7.16. The lowest BCUT2D eigenvalue weighted by molar-refractivity contribution is 0.601. The molecule has 0 radical (unpaired) electrons. The molecule has 1 heterocycles. The van der Waals surface area contributed by atoms with E-state index in [0.717, 1.165) is 10.0 Å². The Bertz CT molecular complexity index is 1550. The Hall–Kier alpha value is -3.09. The number of rotatable bonds is 5. The lowest BCUT2D eigenvalue weighted by atomic mass is 9.98. The van der Waals surface area contributed by atoms with E-state index in [2.05, 4.69) is 31.7 Å². The van der Waals surface area contributed by atoms with Crippen molar-refractivity contribution in [1.29, 1.82) is 5.26 Å². The Kier molecular flexibility index (Phi) is 6.82. The lowest BCUT2D eigenvalue weighted by Crippen LogP contribution is -2.13. The fourth-order valence-electron chi connectivity index (χ4n) is 3.32. The van der Waals surface area contributed by atoms with Gasteiger partial charge in [0.1, 0.15) is 22.3 Å². The van der Waals surface area contributed by atoms with E-state index in [9.17, 15) is 13.7 Å². The predicted octanol–water partition coefficient (Wildman–Crippen LogP) is 6.74. The van der Waals surface area contributed by atoms with E-state index in [0.29, 0.717) is 22.5 Å². The number of nitrogen functional groups attached to an aromatic ring is 1. The Morgan fingerprint density at radius 2 is 1.68 bits per heavy atom. The number of nitrogens with one attached hydrogen (secondary N) is 1. The molecular formula is C24H15BrCl2N4O2S. The van der Waals surface area contributed by atoms with Crippen molar-refractivity contribution in [3.05, 3.63) is 92.9 Å². The van der Waals surface area contributed by atoms with Crippen LogP contribution in [-0.2, 0) is 10.0 Å². The highest BCUT2D eigenvalue weighted by molar-refractivity contribution is 9.10. The molecule has 0 amide bonds. The van der Waals surface area contributed by atoms with Crippen LogP contribution < -0.4 is 10.5 Å². The summed E-state index contributed by atoms with van der Waals surface area (Å²) in [6.45, 7) is 0. The van der Waals surface area contributed by atoms with Gasteiger partial charge in [0, 0.05) is 26.3 Å². The number of sulfonamides is 1. The van der Waals surface area contributed by atoms with Crippen LogP contribution in [0.15, 0.2) is 82.2 Å². The zero-order valence-corrected chi connectivity index (χ0v) is 21.2. The molecule has 4 aromatic rings. The molecule has 34 heavy (non-hydrogen) atoms. The van der Waals surface area contributed by atoms with Gasteiger partial charge < -0.3 is 5.73 Å². The van der Waals surface area contributed by atoms with Crippen LogP contribution in [0.1, 0.15) is 5.56 Å². The fraction of sp³-hybridized carbons (Fsp3) is 0. The minimum absolute atomic E-state index is 0.0605. The summed E-state index contributed by atoms with van der Waals surface area (Å²) in [5, 5.41) is 9.94. The number of halogens is 3. The van der Waals surface area contributed by atoms with Gasteiger partial charge in [0.15, 0.2) is 0 Å². The molecule has 170 valence electrons. The van der Waals surface area contributed by atoms with Gasteiger partial charge in [-0.05, 0) is 48.0 Å². The topological polar surface area (TPSA) is 109 Å². The number of hydrogen-bond acceptors (Lipinski definition) is 5. The molecule has 4 rings (SSSR count). The van der Waals surface area contributed by atoms with Gasteiger partial charge in [-0.3, -0.25) is 4.72 Å². The van der Waals surface area contributed by atoms with Crippen molar-refractivity contribution in [2.75, 3.05) is 10.5 Å². The minimum Gasteiger partial charge on any atom is -0.383 e. The van der Waals surface area contributed by atoms with Crippen molar-refractivity contribution in [3.63, 3.8) is 0 Å². The fourth-order valence-corrected chi connectivity index (χ4v) is 5.65. The van der Waals surface area contributed by atoms with E-state index in [4.69, 9.17) is 28.9 Å². The number of benzene rings is 3. The standard InChI is InChI=1S/C24H15BrCl2N4O2S/c25-20-4-2-1-3-17(20)18-12-22(30-24(29)19(18)13-28)14-5-8-16(9-6-14)31-34(32,33)23-11-15(26)7-10-21(23)27/h1-12,31H,(H2,29,30). The zero-order chi connectivity index (χ0) is 24.5. The molecular weight excluding hydrogens is 559 g/mol. The first-order valence-corrected chi connectivity index (χ1v) is 12.8. The molecule has 3 N–H and O–H groups in total. The normalized spacial score (nSPS) is 11.1. The number of nitrogens with zero attached hydrogens (tertiary/aromatic N) is 2. The molecule has 10 heteroatoms. The molecule has 0 spiro atoms. The number of nitrogens with two attached hydrogens (primary N) is 1. The maximum atomic E-state index is 12.8. The number of pyridine rings is 1. The van der Waals surface area contributed by atoms with E-state index >= 15 is 0 Å². The molecule has 0 fully saturated rings. The summed E-state index contributed by atoms with van der Waals surface area (Å²) in [6.07, 6.45) is 0. The van der Waals surface area contributed by atoms with E-state index in [1.807, 2.05) is 24.3 Å². The van der Waals surface area contributed by atoms with Crippen molar-refractivity contribution in [3.8, 4) is 28.5 Å². The Balaban J connectivity index is 1.69. The molecule has 0 aliphatic heterocycles. The van der Waals surface area contributed by atoms with Crippen molar-refractivity contribution in [1.82, 2.24) is 4.98 Å². The smallest absolute Gasteiger partial charge is 0.263 e. The van der Waals surface area contributed by atoms with Gasteiger partial charge in [-0.15, -0.1) is 0 Å². The van der Waals surface area contributed by atoms with Crippen molar-refractivity contribution in [2.24, 2.45) is 0 Å². The van der Waals surface area contributed by atoms with Crippen LogP contribution in [0.2, 0.25) is 10.0 Å². The van der Waals surface area contributed by atoms with Crippen molar-refractivity contribution in [2.45, 2.75) is 4.90 Å². The van der Waals surface area contributed by atoms with Gasteiger partial charge in [-0.2, -0.15) is 5.26 Å². The third kappa shape index (κ3) is 4.88. The first-order chi connectivity index (χ1) is 16.2. The molecule has 0 aliphatic carbocycles. The second kappa shape index (κ2) is 9.65. The number of nitriles is 1. The highest BCUT2D eigenvalue weighted by Crippen LogP contribution is 2.35. The van der Waals surface area contributed by atoms with E-state index in [1.165, 1.54) is 18.2 Å². The van der Waals surface area contributed by atoms with Crippen LogP contribution in [0.4, 0.5) is 11.5 Å². The summed E-state index contributed by atoms with van der Waals surface area (Å²) in [4.78, 5) is 4.25. The average molecular weight is 574 g/mol. The molecule has 0 aliphatic rings. The highest BCUT2D eigenvalue weighted by Gasteiger charge is 2.19. The third-order valence-corrected chi connectivity index (χ3v) is 7.73. The van der Waals surface area contributed by atoms with Gasteiger partial charge in [0.2, 0.25) is 0 Å². The quantitative estimate of drug-likeness (QED) is 0.275. The summed E-state index contributed by atoms with van der Waals surface area (Å²) in [6, 6.07) is 22.2. The molecule has 6 nitrogen and oxygen atoms in total. The molecule has 0 bridgehead atoms. The predicted molar refractivity (Wildman–Crippen MR) is 139 cm³/mol. The van der Waals surface area contributed by atoms with Gasteiger partial charge in [-0.25, -0.2) is 13.4 Å². The monoisotopic (exact) mass is 572 g/mol. The average Bonchev–Trinajstić information content (AvgIpc) is 2.80. The van der Waals surface area contributed by atoms with Gasteiger partial charge in [-0.1, -0.05) is 69.5 Å². The van der Waals surface area contributed by atoms with Gasteiger partial charge in [0.25, 0.3) is 10.0 Å². The largest absolute Gasteiger partial charge is 0.383 e. The highest BCUT2D eigenvalue weighted by atomic mass is 79.9. The molecule has 0 unspecified atom stereocenters. The number of anilines is 2. The third-order valence-electron chi connectivity index (χ3n) is 4.94. The van der Waals surface area contributed by atoms with Crippen LogP contribution in [0.5, 0.6) is 0 Å². The summed E-state index contributed by atoms with van der Waals surface area (Å²) >= 11 is 15.5. The molecule has 0 saturated heterocycles. The summed E-state index contributed by atoms with van der Waals surface area (Å²) in [5.41, 5.74) is 9.36. The van der Waals surface area contributed by atoms with Crippen molar-refractivity contribution >= 4 is 60.7 Å². The summed E-state index contributed by atoms with van der Waals surface area (Å²) in [5.74, 6) is 0.103. The SMILES string of the molecule is N#Cc1c(-c2ccccc2Br)cc(-c2ccc(NS(=O)(=O)c3cc(Cl)ccc3Cl)cc2)nc1N. The zero-order valence-electron chi connectivity index (χ0n) is 17.3. The summed E-state index contributed by atoms with van der Waals surface area (Å²) < 4.78 is 28.8. The van der Waals surface area contributed by atoms with E-state index < -0.39 is 10.0 Å². The van der Waals surface area contributed by atoms with E-state index in [1.54, 1.807) is 30.3 Å². The number of hydrogen-bond donors (Lipinski definition) is 2. The summed E-state index contributed by atoms with van der Waals surface area (Å²) in [7, 11) is -3.95. The first kappa shape index (κ1) is 24.0. The van der Waals surface area contributed by atoms with E-state index in [-0.39, 0.29) is 26.3 Å². The van der Waals surface area contributed by atoms with Crippen LogP contribution in [0, 0.1) is 11.3 Å². The maximum Gasteiger partial charge on any atom is 0.263 e. The molecule has 0 saturated carbocycles. The first-order valence-electron chi connectivity index (χ1n) is 9.73.